The smallest absolute Gasteiger partial charge is 0.245 e. The Morgan fingerprint density at radius 2 is 2.10 bits per heavy atom. The molecule has 21 heavy (non-hydrogen) atoms. The van der Waals surface area contributed by atoms with E-state index < -0.39 is 10.0 Å². The highest BCUT2D eigenvalue weighted by Crippen LogP contribution is 2.38. The van der Waals surface area contributed by atoms with Gasteiger partial charge in [-0.2, -0.15) is 11.8 Å². The van der Waals surface area contributed by atoms with Gasteiger partial charge in [0.2, 0.25) is 10.0 Å². The van der Waals surface area contributed by atoms with Crippen molar-refractivity contribution in [2.75, 3.05) is 12.8 Å². The second-order valence-corrected chi connectivity index (χ2v) is 9.06. The molecule has 0 saturated heterocycles. The van der Waals surface area contributed by atoms with Gasteiger partial charge in [-0.15, -0.1) is 0 Å². The van der Waals surface area contributed by atoms with Crippen LogP contribution in [0.2, 0.25) is 0 Å². The van der Waals surface area contributed by atoms with Crippen molar-refractivity contribution in [2.24, 2.45) is 5.73 Å². The number of sulfonamides is 1. The summed E-state index contributed by atoms with van der Waals surface area (Å²) in [5.74, 6) is 0.444. The highest BCUT2D eigenvalue weighted by atomic mass is 79.9. The van der Waals surface area contributed by atoms with Gasteiger partial charge in [-0.3, -0.25) is 0 Å². The molecule has 120 valence electrons. The van der Waals surface area contributed by atoms with Gasteiger partial charge >= 0.3 is 0 Å². The van der Waals surface area contributed by atoms with E-state index in [1.165, 1.54) is 12.5 Å². The maximum atomic E-state index is 12.4. The summed E-state index contributed by atoms with van der Waals surface area (Å²) in [7, 11) is -3.59. The third-order valence-corrected chi connectivity index (χ3v) is 7.66. The van der Waals surface area contributed by atoms with Crippen molar-refractivity contribution in [1.29, 1.82) is 0 Å². The number of hydrogen-bond donors (Lipinski definition) is 2. The maximum absolute atomic E-state index is 12.4. The SMILES string of the molecule is CSC1(CNS(=O)(=O)c2cc(CN)oc2Br)CCCCC1. The highest BCUT2D eigenvalue weighted by Gasteiger charge is 2.33. The van der Waals surface area contributed by atoms with Crippen LogP contribution in [0.25, 0.3) is 0 Å². The van der Waals surface area contributed by atoms with Crippen molar-refractivity contribution >= 4 is 37.7 Å². The van der Waals surface area contributed by atoms with Crippen LogP contribution in [0.1, 0.15) is 37.9 Å². The lowest BCUT2D eigenvalue weighted by molar-refractivity contribution is 0.394. The number of hydrogen-bond acceptors (Lipinski definition) is 5. The summed E-state index contributed by atoms with van der Waals surface area (Å²) in [5.41, 5.74) is 5.48. The number of halogens is 1. The van der Waals surface area contributed by atoms with E-state index in [4.69, 9.17) is 10.2 Å². The predicted octanol–water partition coefficient (Wildman–Crippen LogP) is 2.85. The maximum Gasteiger partial charge on any atom is 0.245 e. The molecule has 1 aliphatic rings. The molecule has 3 N–H and O–H groups in total. The van der Waals surface area contributed by atoms with E-state index in [2.05, 4.69) is 26.9 Å². The van der Waals surface area contributed by atoms with Crippen LogP contribution in [0.5, 0.6) is 0 Å². The third-order valence-electron chi connectivity index (χ3n) is 3.98. The van der Waals surface area contributed by atoms with Crippen LogP contribution in [0.4, 0.5) is 0 Å². The molecule has 0 aromatic carbocycles. The Kier molecular flexibility index (Phi) is 5.81. The van der Waals surface area contributed by atoms with Crippen LogP contribution in [-0.4, -0.2) is 26.0 Å². The van der Waals surface area contributed by atoms with E-state index in [1.807, 2.05) is 0 Å². The standard InChI is InChI=1S/C13H21BrN2O3S2/c1-20-13(5-3-2-4-6-13)9-16-21(17,18)11-7-10(8-15)19-12(11)14/h7,16H,2-6,8-9,15H2,1H3. The first-order chi connectivity index (χ1) is 9.92. The number of furan rings is 1. The lowest BCUT2D eigenvalue weighted by Gasteiger charge is -2.35. The Balaban J connectivity index is 2.11. The molecular formula is C13H21BrN2O3S2. The fourth-order valence-corrected chi connectivity index (χ4v) is 5.76. The van der Waals surface area contributed by atoms with Gasteiger partial charge in [0, 0.05) is 17.4 Å². The largest absolute Gasteiger partial charge is 0.452 e. The second-order valence-electron chi connectivity index (χ2n) is 5.33. The molecule has 1 heterocycles. The monoisotopic (exact) mass is 396 g/mol. The summed E-state index contributed by atoms with van der Waals surface area (Å²) < 4.78 is 33.1. The van der Waals surface area contributed by atoms with Gasteiger partial charge in [-0.05, 0) is 35.0 Å². The zero-order valence-corrected chi connectivity index (χ0v) is 15.2. The van der Waals surface area contributed by atoms with Gasteiger partial charge in [0.25, 0.3) is 0 Å². The molecule has 1 saturated carbocycles. The minimum atomic E-state index is -3.59. The zero-order chi connectivity index (χ0) is 15.5. The first-order valence-corrected chi connectivity index (χ1v) is 10.5. The second kappa shape index (κ2) is 7.04. The molecule has 1 aromatic heterocycles. The van der Waals surface area contributed by atoms with E-state index in [0.717, 1.165) is 25.7 Å². The van der Waals surface area contributed by atoms with Gasteiger partial charge in [0.15, 0.2) is 4.67 Å². The van der Waals surface area contributed by atoms with Gasteiger partial charge in [-0.1, -0.05) is 19.3 Å². The fourth-order valence-electron chi connectivity index (χ4n) is 2.64. The molecule has 0 unspecified atom stereocenters. The van der Waals surface area contributed by atoms with Crippen molar-refractivity contribution < 1.29 is 12.8 Å². The predicted molar refractivity (Wildman–Crippen MR) is 88.8 cm³/mol. The molecular weight excluding hydrogens is 376 g/mol. The Labute approximate surface area is 138 Å². The zero-order valence-electron chi connectivity index (χ0n) is 12.0. The van der Waals surface area contributed by atoms with Gasteiger partial charge in [0.1, 0.15) is 10.7 Å². The first kappa shape index (κ1) is 17.3. The molecule has 2 rings (SSSR count). The Bertz CT molecular complexity index is 580. The van der Waals surface area contributed by atoms with Crippen LogP contribution in [0, 0.1) is 0 Å². The first-order valence-electron chi connectivity index (χ1n) is 6.95. The van der Waals surface area contributed by atoms with Crippen LogP contribution < -0.4 is 10.5 Å². The summed E-state index contributed by atoms with van der Waals surface area (Å²) in [4.78, 5) is 0.120. The van der Waals surface area contributed by atoms with Gasteiger partial charge < -0.3 is 10.2 Å². The van der Waals surface area contributed by atoms with Crippen LogP contribution >= 0.6 is 27.7 Å². The Hall–Kier alpha value is -0.0200. The highest BCUT2D eigenvalue weighted by molar-refractivity contribution is 9.10. The molecule has 1 aromatic rings. The van der Waals surface area contributed by atoms with Crippen molar-refractivity contribution in [3.63, 3.8) is 0 Å². The lowest BCUT2D eigenvalue weighted by Crippen LogP contribution is -2.41. The summed E-state index contributed by atoms with van der Waals surface area (Å²) in [6.07, 6.45) is 7.72. The average molecular weight is 397 g/mol. The van der Waals surface area contributed by atoms with Crippen LogP contribution in [-0.2, 0) is 16.6 Å². The van der Waals surface area contributed by atoms with Crippen molar-refractivity contribution in [2.45, 2.75) is 48.3 Å². The third kappa shape index (κ3) is 4.04. The molecule has 5 nitrogen and oxygen atoms in total. The molecule has 1 aliphatic carbocycles. The van der Waals surface area contributed by atoms with Crippen molar-refractivity contribution in [3.8, 4) is 0 Å². The van der Waals surface area contributed by atoms with E-state index >= 15 is 0 Å². The quantitative estimate of drug-likeness (QED) is 0.771. The summed E-state index contributed by atoms with van der Waals surface area (Å²) >= 11 is 4.90. The summed E-state index contributed by atoms with van der Waals surface area (Å²) in [5, 5.41) is 0. The molecule has 0 amide bonds. The average Bonchev–Trinajstić information content (AvgIpc) is 2.88. The molecule has 0 bridgehead atoms. The lowest BCUT2D eigenvalue weighted by atomic mass is 9.88. The molecule has 0 radical (unpaired) electrons. The molecule has 0 atom stereocenters. The van der Waals surface area contributed by atoms with E-state index in [1.54, 1.807) is 11.8 Å². The van der Waals surface area contributed by atoms with E-state index in [0.29, 0.717) is 12.3 Å². The number of rotatable bonds is 6. The van der Waals surface area contributed by atoms with Gasteiger partial charge in [-0.25, -0.2) is 13.1 Å². The Morgan fingerprint density at radius 3 is 2.62 bits per heavy atom. The van der Waals surface area contributed by atoms with E-state index in [-0.39, 0.29) is 20.9 Å². The van der Waals surface area contributed by atoms with Crippen molar-refractivity contribution in [1.82, 2.24) is 4.72 Å². The number of nitrogens with one attached hydrogen (secondary N) is 1. The summed E-state index contributed by atoms with van der Waals surface area (Å²) in [6.45, 7) is 0.620. The van der Waals surface area contributed by atoms with Crippen molar-refractivity contribution in [3.05, 3.63) is 16.5 Å². The number of nitrogens with two attached hydrogens (primary N) is 1. The van der Waals surface area contributed by atoms with Crippen LogP contribution in [0.15, 0.2) is 20.0 Å². The topological polar surface area (TPSA) is 85.3 Å². The minimum Gasteiger partial charge on any atom is -0.452 e. The van der Waals surface area contributed by atoms with Gasteiger partial charge in [0.05, 0.1) is 6.54 Å². The minimum absolute atomic E-state index is 0.0121. The normalized spacial score (nSPS) is 18.8. The van der Waals surface area contributed by atoms with Crippen LogP contribution in [0.3, 0.4) is 0 Å². The molecule has 8 heteroatoms. The molecule has 0 aliphatic heterocycles. The Morgan fingerprint density at radius 1 is 1.43 bits per heavy atom. The number of thioether (sulfide) groups is 1. The molecule has 0 spiro atoms. The molecule has 1 fully saturated rings. The van der Waals surface area contributed by atoms with E-state index in [9.17, 15) is 8.42 Å². The fraction of sp³-hybridized carbons (Fsp3) is 0.692. The summed E-state index contributed by atoms with van der Waals surface area (Å²) in [6, 6.07) is 1.47.